The molecule has 4 unspecified atom stereocenters. The second kappa shape index (κ2) is 7.07. The molecule has 0 aromatic heterocycles. The summed E-state index contributed by atoms with van der Waals surface area (Å²) in [6, 6.07) is 9.06. The molecule has 0 aliphatic heterocycles. The van der Waals surface area contributed by atoms with Gasteiger partial charge >= 0.3 is 0 Å². The number of hydrogen-bond acceptors (Lipinski definition) is 6. The highest BCUT2D eigenvalue weighted by Gasteiger charge is 2.26. The average molecular weight is 254 g/mol. The first kappa shape index (κ1) is 14.6. The fourth-order valence-electron chi connectivity index (χ4n) is 1.28. The van der Waals surface area contributed by atoms with Gasteiger partial charge in [-0.1, -0.05) is 18.2 Å². The fraction of sp³-hybridized carbons (Fsp3) is 0.417. The van der Waals surface area contributed by atoms with Gasteiger partial charge in [-0.25, -0.2) is 0 Å². The lowest BCUT2D eigenvalue weighted by Gasteiger charge is -2.22. The second-order valence-corrected chi connectivity index (χ2v) is 3.97. The Morgan fingerprint density at radius 3 is 2.22 bits per heavy atom. The zero-order chi connectivity index (χ0) is 13.5. The normalized spacial score (nSPS) is 18.3. The van der Waals surface area contributed by atoms with Crippen molar-refractivity contribution in [1.29, 1.82) is 0 Å². The Morgan fingerprint density at radius 1 is 1.06 bits per heavy atom. The lowest BCUT2D eigenvalue weighted by Crippen LogP contribution is -2.44. The molecule has 0 aliphatic carbocycles. The summed E-state index contributed by atoms with van der Waals surface area (Å²) >= 11 is 0. The van der Waals surface area contributed by atoms with E-state index >= 15 is 0 Å². The maximum atomic E-state index is 9.50. The molecule has 6 nitrogen and oxygen atoms in total. The molecule has 0 amide bonds. The molecule has 0 saturated carbocycles. The van der Waals surface area contributed by atoms with E-state index in [9.17, 15) is 15.3 Å². The summed E-state index contributed by atoms with van der Waals surface area (Å²) in [6.45, 7) is 1.32. The molecule has 1 aromatic carbocycles. The number of anilines is 1. The number of hydrogen-bond donors (Lipinski definition) is 5. The monoisotopic (exact) mass is 254 g/mol. The lowest BCUT2D eigenvalue weighted by atomic mass is 10.1. The molecule has 0 radical (unpaired) electrons. The molecule has 0 heterocycles. The summed E-state index contributed by atoms with van der Waals surface area (Å²) < 4.78 is 0. The van der Waals surface area contributed by atoms with E-state index < -0.39 is 24.4 Å². The number of hydrazone groups is 1. The van der Waals surface area contributed by atoms with Gasteiger partial charge in [0.15, 0.2) is 0 Å². The molecular formula is C12H18N2O4. The van der Waals surface area contributed by atoms with Crippen molar-refractivity contribution in [2.24, 2.45) is 5.10 Å². The summed E-state index contributed by atoms with van der Waals surface area (Å²) in [5.41, 5.74) is 3.38. The Hall–Kier alpha value is -1.47. The highest BCUT2D eigenvalue weighted by atomic mass is 16.4. The van der Waals surface area contributed by atoms with Gasteiger partial charge in [0.05, 0.1) is 18.0 Å². The van der Waals surface area contributed by atoms with Crippen molar-refractivity contribution in [2.45, 2.75) is 31.3 Å². The highest BCUT2D eigenvalue weighted by molar-refractivity contribution is 5.65. The van der Waals surface area contributed by atoms with Crippen LogP contribution in [0.25, 0.3) is 0 Å². The first-order chi connectivity index (χ1) is 8.52. The van der Waals surface area contributed by atoms with Gasteiger partial charge in [-0.3, -0.25) is 5.43 Å². The van der Waals surface area contributed by atoms with Gasteiger partial charge in [0.25, 0.3) is 0 Å². The van der Waals surface area contributed by atoms with Gasteiger partial charge < -0.3 is 20.4 Å². The molecule has 100 valence electrons. The van der Waals surface area contributed by atoms with Crippen LogP contribution in [0.1, 0.15) is 6.92 Å². The van der Waals surface area contributed by atoms with Crippen LogP contribution in [0, 0.1) is 0 Å². The van der Waals surface area contributed by atoms with Crippen molar-refractivity contribution in [3.05, 3.63) is 30.3 Å². The van der Waals surface area contributed by atoms with Gasteiger partial charge in [0, 0.05) is 0 Å². The molecule has 4 atom stereocenters. The number of nitrogens with zero attached hydrogens (tertiary/aromatic N) is 1. The predicted octanol–water partition coefficient (Wildman–Crippen LogP) is -0.452. The molecule has 0 bridgehead atoms. The van der Waals surface area contributed by atoms with Crippen LogP contribution in [0.4, 0.5) is 5.69 Å². The smallest absolute Gasteiger partial charge is 0.119 e. The molecule has 0 aliphatic rings. The van der Waals surface area contributed by atoms with Crippen molar-refractivity contribution >= 4 is 11.9 Å². The largest absolute Gasteiger partial charge is 0.391 e. The van der Waals surface area contributed by atoms with E-state index in [0.717, 1.165) is 11.9 Å². The Balaban J connectivity index is 2.47. The Labute approximate surface area is 105 Å². The minimum Gasteiger partial charge on any atom is -0.391 e. The zero-order valence-corrected chi connectivity index (χ0v) is 10.0. The van der Waals surface area contributed by atoms with Gasteiger partial charge in [-0.15, -0.1) is 0 Å². The Morgan fingerprint density at radius 2 is 1.67 bits per heavy atom. The van der Waals surface area contributed by atoms with Gasteiger partial charge in [0.2, 0.25) is 0 Å². The van der Waals surface area contributed by atoms with Crippen LogP contribution in [-0.4, -0.2) is 51.1 Å². The summed E-state index contributed by atoms with van der Waals surface area (Å²) in [4.78, 5) is 0. The Bertz CT molecular complexity index is 370. The maximum absolute atomic E-state index is 9.50. The van der Waals surface area contributed by atoms with E-state index in [-0.39, 0.29) is 0 Å². The number of aliphatic hydroxyl groups is 4. The van der Waals surface area contributed by atoms with Crippen LogP contribution < -0.4 is 5.43 Å². The number of benzene rings is 1. The molecular weight excluding hydrogens is 236 g/mol. The summed E-state index contributed by atoms with van der Waals surface area (Å²) in [7, 11) is 0. The first-order valence-electron chi connectivity index (χ1n) is 5.59. The van der Waals surface area contributed by atoms with Crippen LogP contribution in [0.2, 0.25) is 0 Å². The molecule has 1 aromatic rings. The topological polar surface area (TPSA) is 105 Å². The van der Waals surface area contributed by atoms with Crippen molar-refractivity contribution in [1.82, 2.24) is 0 Å². The van der Waals surface area contributed by atoms with Gasteiger partial charge in [-0.2, -0.15) is 5.10 Å². The zero-order valence-electron chi connectivity index (χ0n) is 10.0. The third-order valence-corrected chi connectivity index (χ3v) is 2.39. The molecule has 0 spiro atoms. The van der Waals surface area contributed by atoms with Crippen LogP contribution in [0.15, 0.2) is 35.4 Å². The third kappa shape index (κ3) is 4.42. The Kier molecular flexibility index (Phi) is 5.73. The SMILES string of the molecule is CC(O)C(O)C(O)C(O)C=NNc1ccccc1. The number of nitrogens with one attached hydrogen (secondary N) is 1. The second-order valence-electron chi connectivity index (χ2n) is 3.97. The van der Waals surface area contributed by atoms with Crippen LogP contribution in [0.5, 0.6) is 0 Å². The van der Waals surface area contributed by atoms with Crippen molar-refractivity contribution in [2.75, 3.05) is 5.43 Å². The average Bonchev–Trinajstić information content (AvgIpc) is 2.38. The van der Waals surface area contributed by atoms with Crippen molar-refractivity contribution in [3.63, 3.8) is 0 Å². The van der Waals surface area contributed by atoms with E-state index in [2.05, 4.69) is 10.5 Å². The number of para-hydroxylation sites is 1. The standard InChI is InChI=1S/C12H18N2O4/c1-8(15)11(17)12(18)10(16)7-13-14-9-5-3-2-4-6-9/h2-8,10-12,14-18H,1H3. The summed E-state index contributed by atoms with van der Waals surface area (Å²) in [5.74, 6) is 0. The molecule has 6 heteroatoms. The van der Waals surface area contributed by atoms with Crippen LogP contribution >= 0.6 is 0 Å². The van der Waals surface area contributed by atoms with Gasteiger partial charge in [-0.05, 0) is 19.1 Å². The van der Waals surface area contributed by atoms with E-state index in [0.29, 0.717) is 0 Å². The van der Waals surface area contributed by atoms with E-state index in [1.54, 1.807) is 12.1 Å². The van der Waals surface area contributed by atoms with E-state index in [4.69, 9.17) is 5.11 Å². The number of aliphatic hydroxyl groups excluding tert-OH is 4. The summed E-state index contributed by atoms with van der Waals surface area (Å²) in [6.07, 6.45) is -4.37. The molecule has 0 fully saturated rings. The summed E-state index contributed by atoms with van der Waals surface area (Å²) in [5, 5.41) is 41.1. The fourth-order valence-corrected chi connectivity index (χ4v) is 1.28. The highest BCUT2D eigenvalue weighted by Crippen LogP contribution is 2.06. The van der Waals surface area contributed by atoms with Crippen LogP contribution in [0.3, 0.4) is 0 Å². The molecule has 5 N–H and O–H groups in total. The predicted molar refractivity (Wildman–Crippen MR) is 68.3 cm³/mol. The van der Waals surface area contributed by atoms with Gasteiger partial charge in [0.1, 0.15) is 18.3 Å². The molecule has 0 saturated heterocycles. The molecule has 18 heavy (non-hydrogen) atoms. The minimum atomic E-state index is -1.49. The number of rotatable bonds is 6. The minimum absolute atomic E-state index is 0.728. The van der Waals surface area contributed by atoms with Crippen molar-refractivity contribution < 1.29 is 20.4 Å². The molecule has 1 rings (SSSR count). The van der Waals surface area contributed by atoms with Crippen LogP contribution in [-0.2, 0) is 0 Å². The lowest BCUT2D eigenvalue weighted by molar-refractivity contribution is -0.0820. The quantitative estimate of drug-likeness (QED) is 0.349. The van der Waals surface area contributed by atoms with E-state index in [1.165, 1.54) is 6.92 Å². The maximum Gasteiger partial charge on any atom is 0.119 e. The third-order valence-electron chi connectivity index (χ3n) is 2.39. The van der Waals surface area contributed by atoms with E-state index in [1.807, 2.05) is 18.2 Å². The first-order valence-corrected chi connectivity index (χ1v) is 5.59. The van der Waals surface area contributed by atoms with Crippen molar-refractivity contribution in [3.8, 4) is 0 Å².